The quantitative estimate of drug-likeness (QED) is 0.941. The fourth-order valence-corrected chi connectivity index (χ4v) is 2.16. The molecule has 2 amide bonds. The summed E-state index contributed by atoms with van der Waals surface area (Å²) in [5.74, 6) is -0.312. The van der Waals surface area contributed by atoms with Crippen molar-refractivity contribution in [1.82, 2.24) is 10.2 Å². The van der Waals surface area contributed by atoms with Gasteiger partial charge < -0.3 is 10.2 Å². The number of benzene rings is 2. The maximum Gasteiger partial charge on any atom is 0.253 e. The van der Waals surface area contributed by atoms with E-state index in [4.69, 9.17) is 5.26 Å². The highest BCUT2D eigenvalue weighted by molar-refractivity contribution is 5.97. The lowest BCUT2D eigenvalue weighted by Crippen LogP contribution is -2.26. The highest BCUT2D eigenvalue weighted by Crippen LogP contribution is 2.11. The summed E-state index contributed by atoms with van der Waals surface area (Å²) in [6, 6.07) is 15.7. The highest BCUT2D eigenvalue weighted by atomic mass is 16.2. The Bertz CT molecular complexity index is 743. The standard InChI is InChI=1S/C18H17N3O2/c1-20-17(22)15-7-9-16(10-8-15)18(23)21(2)12-14-5-3-13(11-19)4-6-14/h3-10H,12H2,1-2H3,(H,20,22). The molecule has 5 heteroatoms. The van der Waals surface area contributed by atoms with Gasteiger partial charge in [-0.2, -0.15) is 5.26 Å². The van der Waals surface area contributed by atoms with E-state index in [1.165, 1.54) is 0 Å². The molecule has 1 N–H and O–H groups in total. The molecule has 0 aromatic heterocycles. The summed E-state index contributed by atoms with van der Waals surface area (Å²) >= 11 is 0. The molecule has 0 spiro atoms. The Labute approximate surface area is 135 Å². The number of carbonyl (C=O) groups excluding carboxylic acids is 2. The van der Waals surface area contributed by atoms with Crippen LogP contribution in [0.4, 0.5) is 0 Å². The molecule has 5 nitrogen and oxygen atoms in total. The first-order chi connectivity index (χ1) is 11.0. The van der Waals surface area contributed by atoms with E-state index in [0.717, 1.165) is 5.56 Å². The Morgan fingerprint density at radius 1 is 1.04 bits per heavy atom. The van der Waals surface area contributed by atoms with Gasteiger partial charge in [-0.1, -0.05) is 12.1 Å². The Hall–Kier alpha value is -3.13. The van der Waals surface area contributed by atoms with Gasteiger partial charge in [-0.25, -0.2) is 0 Å². The molecule has 0 saturated heterocycles. The van der Waals surface area contributed by atoms with Gasteiger partial charge in [-0.05, 0) is 42.0 Å². The van der Waals surface area contributed by atoms with Gasteiger partial charge in [0.15, 0.2) is 0 Å². The van der Waals surface area contributed by atoms with E-state index in [1.807, 2.05) is 12.1 Å². The summed E-state index contributed by atoms with van der Waals surface area (Å²) in [5, 5.41) is 11.3. The summed E-state index contributed by atoms with van der Waals surface area (Å²) in [6.45, 7) is 0.446. The van der Waals surface area contributed by atoms with E-state index in [-0.39, 0.29) is 11.8 Å². The molecule has 0 aliphatic rings. The molecule has 2 rings (SSSR count). The maximum atomic E-state index is 12.4. The van der Waals surface area contributed by atoms with Gasteiger partial charge in [0.1, 0.15) is 0 Å². The van der Waals surface area contributed by atoms with Crippen molar-refractivity contribution in [3.05, 3.63) is 70.8 Å². The monoisotopic (exact) mass is 307 g/mol. The molecule has 0 bridgehead atoms. The maximum absolute atomic E-state index is 12.4. The van der Waals surface area contributed by atoms with E-state index in [2.05, 4.69) is 11.4 Å². The lowest BCUT2D eigenvalue weighted by molar-refractivity contribution is 0.0784. The predicted molar refractivity (Wildman–Crippen MR) is 86.8 cm³/mol. The van der Waals surface area contributed by atoms with Crippen molar-refractivity contribution < 1.29 is 9.59 Å². The molecule has 0 radical (unpaired) electrons. The SMILES string of the molecule is CNC(=O)c1ccc(C(=O)N(C)Cc2ccc(C#N)cc2)cc1. The number of nitriles is 1. The van der Waals surface area contributed by atoms with Crippen LogP contribution in [-0.4, -0.2) is 30.8 Å². The van der Waals surface area contributed by atoms with Crippen LogP contribution < -0.4 is 5.32 Å². The van der Waals surface area contributed by atoms with E-state index in [1.54, 1.807) is 55.4 Å². The average Bonchev–Trinajstić information content (AvgIpc) is 2.61. The van der Waals surface area contributed by atoms with Crippen molar-refractivity contribution in [1.29, 1.82) is 5.26 Å². The number of hydrogen-bond donors (Lipinski definition) is 1. The Kier molecular flexibility index (Phi) is 5.11. The number of rotatable bonds is 4. The number of nitrogens with zero attached hydrogens (tertiary/aromatic N) is 2. The molecule has 0 fully saturated rings. The molecule has 116 valence electrons. The van der Waals surface area contributed by atoms with Crippen LogP contribution in [0.5, 0.6) is 0 Å². The average molecular weight is 307 g/mol. The van der Waals surface area contributed by atoms with Gasteiger partial charge in [0, 0.05) is 31.8 Å². The molecular formula is C18H17N3O2. The van der Waals surface area contributed by atoms with Gasteiger partial charge in [0.2, 0.25) is 0 Å². The zero-order valence-electron chi connectivity index (χ0n) is 13.0. The van der Waals surface area contributed by atoms with Crippen LogP contribution in [-0.2, 0) is 6.54 Å². The number of amides is 2. The molecule has 0 unspecified atom stereocenters. The number of hydrogen-bond acceptors (Lipinski definition) is 3. The minimum absolute atomic E-state index is 0.127. The first-order valence-corrected chi connectivity index (χ1v) is 7.12. The second-order valence-electron chi connectivity index (χ2n) is 5.13. The minimum atomic E-state index is -0.185. The van der Waals surface area contributed by atoms with Crippen LogP contribution in [0.2, 0.25) is 0 Å². The summed E-state index contributed by atoms with van der Waals surface area (Å²) in [6.07, 6.45) is 0. The predicted octanol–water partition coefficient (Wildman–Crippen LogP) is 2.19. The summed E-state index contributed by atoms with van der Waals surface area (Å²) < 4.78 is 0. The topological polar surface area (TPSA) is 73.2 Å². The molecule has 0 atom stereocenters. The smallest absolute Gasteiger partial charge is 0.253 e. The lowest BCUT2D eigenvalue weighted by atomic mass is 10.1. The minimum Gasteiger partial charge on any atom is -0.355 e. The fraction of sp³-hybridized carbons (Fsp3) is 0.167. The third-order valence-corrected chi connectivity index (χ3v) is 3.47. The van der Waals surface area contributed by atoms with Crippen molar-refractivity contribution in [3.8, 4) is 6.07 Å². The third-order valence-electron chi connectivity index (χ3n) is 3.47. The molecule has 2 aromatic rings. The molecule has 2 aromatic carbocycles. The largest absolute Gasteiger partial charge is 0.355 e. The van der Waals surface area contributed by atoms with E-state index in [9.17, 15) is 9.59 Å². The molecule has 0 heterocycles. The summed E-state index contributed by atoms with van der Waals surface area (Å²) in [5.41, 5.74) is 2.57. The second kappa shape index (κ2) is 7.23. The van der Waals surface area contributed by atoms with Gasteiger partial charge in [0.05, 0.1) is 11.6 Å². The Balaban J connectivity index is 2.06. The van der Waals surface area contributed by atoms with Crippen LogP contribution >= 0.6 is 0 Å². The first-order valence-electron chi connectivity index (χ1n) is 7.12. The third kappa shape index (κ3) is 3.95. The van der Waals surface area contributed by atoms with Gasteiger partial charge in [0.25, 0.3) is 11.8 Å². The molecule has 23 heavy (non-hydrogen) atoms. The Morgan fingerprint density at radius 2 is 1.61 bits per heavy atom. The number of carbonyl (C=O) groups is 2. The van der Waals surface area contributed by atoms with Crippen LogP contribution in [0.25, 0.3) is 0 Å². The van der Waals surface area contributed by atoms with Gasteiger partial charge >= 0.3 is 0 Å². The van der Waals surface area contributed by atoms with E-state index >= 15 is 0 Å². The van der Waals surface area contributed by atoms with Crippen molar-refractivity contribution in [2.24, 2.45) is 0 Å². The molecular weight excluding hydrogens is 290 g/mol. The van der Waals surface area contributed by atoms with Crippen molar-refractivity contribution in [2.45, 2.75) is 6.54 Å². The van der Waals surface area contributed by atoms with Crippen LogP contribution in [0, 0.1) is 11.3 Å². The van der Waals surface area contributed by atoms with E-state index < -0.39 is 0 Å². The summed E-state index contributed by atoms with van der Waals surface area (Å²) in [7, 11) is 3.28. The second-order valence-corrected chi connectivity index (χ2v) is 5.13. The molecule has 0 aliphatic carbocycles. The van der Waals surface area contributed by atoms with Crippen LogP contribution in [0.1, 0.15) is 31.8 Å². The Morgan fingerprint density at radius 3 is 2.13 bits per heavy atom. The van der Waals surface area contributed by atoms with Crippen LogP contribution in [0.15, 0.2) is 48.5 Å². The van der Waals surface area contributed by atoms with Gasteiger partial charge in [-0.3, -0.25) is 9.59 Å². The first kappa shape index (κ1) is 16.2. The van der Waals surface area contributed by atoms with Gasteiger partial charge in [-0.15, -0.1) is 0 Å². The fourth-order valence-electron chi connectivity index (χ4n) is 2.16. The van der Waals surface area contributed by atoms with Crippen LogP contribution in [0.3, 0.4) is 0 Å². The number of nitrogens with one attached hydrogen (secondary N) is 1. The van der Waals surface area contributed by atoms with Crippen molar-refractivity contribution in [3.63, 3.8) is 0 Å². The van der Waals surface area contributed by atoms with E-state index in [0.29, 0.717) is 23.2 Å². The van der Waals surface area contributed by atoms with Crippen molar-refractivity contribution in [2.75, 3.05) is 14.1 Å². The zero-order valence-corrected chi connectivity index (χ0v) is 13.0. The lowest BCUT2D eigenvalue weighted by Gasteiger charge is -2.17. The normalized spacial score (nSPS) is 9.78. The van der Waals surface area contributed by atoms with Crippen molar-refractivity contribution >= 4 is 11.8 Å². The molecule has 0 saturated carbocycles. The highest BCUT2D eigenvalue weighted by Gasteiger charge is 2.13. The summed E-state index contributed by atoms with van der Waals surface area (Å²) in [4.78, 5) is 25.5. The molecule has 0 aliphatic heterocycles. The zero-order chi connectivity index (χ0) is 16.8.